The van der Waals surface area contributed by atoms with Crippen molar-refractivity contribution in [2.24, 2.45) is 0 Å². The average Bonchev–Trinajstić information content (AvgIpc) is 2.96. The molecule has 1 unspecified atom stereocenters. The topological polar surface area (TPSA) is 48.7 Å². The Labute approximate surface area is 125 Å². The first-order chi connectivity index (χ1) is 10.2. The SMILES string of the molecule is CN1CCC(N(C)C(C#N)c2ccc3c(c2)OCO3)CC1. The van der Waals surface area contributed by atoms with Crippen LogP contribution in [0.1, 0.15) is 24.4 Å². The van der Waals surface area contributed by atoms with E-state index in [1.807, 2.05) is 18.2 Å². The molecule has 1 aromatic carbocycles. The summed E-state index contributed by atoms with van der Waals surface area (Å²) < 4.78 is 10.7. The van der Waals surface area contributed by atoms with E-state index < -0.39 is 0 Å². The molecule has 1 atom stereocenters. The molecule has 2 aliphatic heterocycles. The van der Waals surface area contributed by atoms with Crippen LogP contribution in [-0.2, 0) is 0 Å². The molecule has 1 fully saturated rings. The Bertz CT molecular complexity index is 547. The number of benzene rings is 1. The maximum absolute atomic E-state index is 9.61. The number of hydrogen-bond donors (Lipinski definition) is 0. The van der Waals surface area contributed by atoms with Gasteiger partial charge in [-0.05, 0) is 57.7 Å². The first-order valence-corrected chi connectivity index (χ1v) is 7.38. The fourth-order valence-corrected chi connectivity index (χ4v) is 3.10. The summed E-state index contributed by atoms with van der Waals surface area (Å²) >= 11 is 0. The largest absolute Gasteiger partial charge is 0.454 e. The standard InChI is InChI=1S/C16H21N3O2/c1-18-7-5-13(6-8-18)19(2)14(10-17)12-3-4-15-16(9-12)21-11-20-15/h3-4,9,13-14H,5-8,11H2,1-2H3. The van der Waals surface area contributed by atoms with Gasteiger partial charge in [-0.15, -0.1) is 0 Å². The second-order valence-electron chi connectivity index (χ2n) is 5.84. The molecule has 0 bridgehead atoms. The lowest BCUT2D eigenvalue weighted by molar-refractivity contribution is 0.126. The van der Waals surface area contributed by atoms with Crippen molar-refractivity contribution in [3.63, 3.8) is 0 Å². The number of hydrogen-bond acceptors (Lipinski definition) is 5. The van der Waals surface area contributed by atoms with E-state index in [-0.39, 0.29) is 12.8 Å². The number of rotatable bonds is 3. The maximum Gasteiger partial charge on any atom is 0.231 e. The van der Waals surface area contributed by atoms with Crippen LogP contribution in [0, 0.1) is 11.3 Å². The molecule has 21 heavy (non-hydrogen) atoms. The molecule has 5 heteroatoms. The third-order valence-corrected chi connectivity index (χ3v) is 4.51. The number of nitrogens with zero attached hydrogens (tertiary/aromatic N) is 3. The zero-order valence-electron chi connectivity index (χ0n) is 12.6. The molecule has 3 rings (SSSR count). The summed E-state index contributed by atoms with van der Waals surface area (Å²) in [6, 6.07) is 8.44. The fraction of sp³-hybridized carbons (Fsp3) is 0.562. The van der Waals surface area contributed by atoms with E-state index in [1.54, 1.807) is 0 Å². The van der Waals surface area contributed by atoms with Gasteiger partial charge in [0.05, 0.1) is 6.07 Å². The zero-order chi connectivity index (χ0) is 14.8. The van der Waals surface area contributed by atoms with E-state index in [2.05, 4.69) is 30.0 Å². The van der Waals surface area contributed by atoms with Gasteiger partial charge < -0.3 is 14.4 Å². The Kier molecular flexibility index (Phi) is 4.00. The quantitative estimate of drug-likeness (QED) is 0.851. The van der Waals surface area contributed by atoms with Gasteiger partial charge in [0.2, 0.25) is 6.79 Å². The molecule has 0 amide bonds. The van der Waals surface area contributed by atoms with Crippen LogP contribution in [0.15, 0.2) is 18.2 Å². The Morgan fingerprint density at radius 3 is 2.71 bits per heavy atom. The third kappa shape index (κ3) is 2.82. The minimum atomic E-state index is -0.243. The predicted octanol–water partition coefficient (Wildman–Crippen LogP) is 2.01. The van der Waals surface area contributed by atoms with Gasteiger partial charge in [0, 0.05) is 6.04 Å². The molecular formula is C16H21N3O2. The molecular weight excluding hydrogens is 266 g/mol. The molecule has 1 saturated heterocycles. The van der Waals surface area contributed by atoms with E-state index in [1.165, 1.54) is 0 Å². The van der Waals surface area contributed by atoms with Gasteiger partial charge in [-0.3, -0.25) is 4.90 Å². The summed E-state index contributed by atoms with van der Waals surface area (Å²) in [5.41, 5.74) is 0.975. The Balaban J connectivity index is 1.77. The number of piperidine rings is 1. The van der Waals surface area contributed by atoms with Crippen molar-refractivity contribution in [2.75, 3.05) is 34.0 Å². The molecule has 2 aliphatic rings. The van der Waals surface area contributed by atoms with Crippen LogP contribution in [0.25, 0.3) is 0 Å². The molecule has 0 N–H and O–H groups in total. The van der Waals surface area contributed by atoms with Crippen molar-refractivity contribution in [3.8, 4) is 17.6 Å². The highest BCUT2D eigenvalue weighted by molar-refractivity contribution is 5.46. The highest BCUT2D eigenvalue weighted by Crippen LogP contribution is 2.36. The second kappa shape index (κ2) is 5.92. The zero-order valence-corrected chi connectivity index (χ0v) is 12.6. The van der Waals surface area contributed by atoms with Crippen molar-refractivity contribution in [3.05, 3.63) is 23.8 Å². The highest BCUT2D eigenvalue weighted by Gasteiger charge is 2.28. The van der Waals surface area contributed by atoms with E-state index >= 15 is 0 Å². The van der Waals surface area contributed by atoms with E-state index in [0.29, 0.717) is 6.04 Å². The van der Waals surface area contributed by atoms with Crippen molar-refractivity contribution in [1.82, 2.24) is 9.80 Å². The van der Waals surface area contributed by atoms with Crippen molar-refractivity contribution < 1.29 is 9.47 Å². The highest BCUT2D eigenvalue weighted by atomic mass is 16.7. The molecule has 5 nitrogen and oxygen atoms in total. The summed E-state index contributed by atoms with van der Waals surface area (Å²) in [6.07, 6.45) is 2.21. The van der Waals surface area contributed by atoms with Crippen molar-refractivity contribution in [1.29, 1.82) is 5.26 Å². The van der Waals surface area contributed by atoms with Gasteiger partial charge in [-0.25, -0.2) is 0 Å². The first-order valence-electron chi connectivity index (χ1n) is 7.38. The van der Waals surface area contributed by atoms with E-state index in [9.17, 15) is 5.26 Å². The van der Waals surface area contributed by atoms with E-state index in [0.717, 1.165) is 43.0 Å². The molecule has 0 spiro atoms. The first kappa shape index (κ1) is 14.2. The van der Waals surface area contributed by atoms with Gasteiger partial charge in [0.25, 0.3) is 0 Å². The minimum absolute atomic E-state index is 0.243. The normalized spacial score (nSPS) is 20.5. The summed E-state index contributed by atoms with van der Waals surface area (Å²) in [5.74, 6) is 1.50. The number of likely N-dealkylation sites (tertiary alicyclic amines) is 1. The monoisotopic (exact) mass is 287 g/mol. The van der Waals surface area contributed by atoms with Gasteiger partial charge in [0.1, 0.15) is 6.04 Å². The van der Waals surface area contributed by atoms with E-state index in [4.69, 9.17) is 9.47 Å². The third-order valence-electron chi connectivity index (χ3n) is 4.51. The van der Waals surface area contributed by atoms with Gasteiger partial charge in [-0.1, -0.05) is 6.07 Å². The van der Waals surface area contributed by atoms with Crippen LogP contribution < -0.4 is 9.47 Å². The Morgan fingerprint density at radius 2 is 2.00 bits per heavy atom. The second-order valence-corrected chi connectivity index (χ2v) is 5.84. The van der Waals surface area contributed by atoms with Crippen LogP contribution in [0.4, 0.5) is 0 Å². The molecule has 0 aliphatic carbocycles. The molecule has 2 heterocycles. The molecule has 112 valence electrons. The van der Waals surface area contributed by atoms with Gasteiger partial charge in [0.15, 0.2) is 11.5 Å². The number of nitriles is 1. The van der Waals surface area contributed by atoms with Gasteiger partial charge >= 0.3 is 0 Å². The predicted molar refractivity (Wildman–Crippen MR) is 79.2 cm³/mol. The lowest BCUT2D eigenvalue weighted by atomic mass is 9.99. The summed E-state index contributed by atoms with van der Waals surface area (Å²) in [7, 11) is 4.20. The lowest BCUT2D eigenvalue weighted by Crippen LogP contribution is -2.43. The Morgan fingerprint density at radius 1 is 1.29 bits per heavy atom. The number of ether oxygens (including phenoxy) is 2. The summed E-state index contributed by atoms with van der Waals surface area (Å²) in [5, 5.41) is 9.61. The molecule has 0 aromatic heterocycles. The molecule has 0 radical (unpaired) electrons. The van der Waals surface area contributed by atoms with Crippen molar-refractivity contribution >= 4 is 0 Å². The number of fused-ring (bicyclic) bond motifs is 1. The van der Waals surface area contributed by atoms with Crippen LogP contribution in [-0.4, -0.2) is 49.8 Å². The summed E-state index contributed by atoms with van der Waals surface area (Å²) in [4.78, 5) is 4.54. The van der Waals surface area contributed by atoms with Crippen molar-refractivity contribution in [2.45, 2.75) is 24.9 Å². The smallest absolute Gasteiger partial charge is 0.231 e. The van der Waals surface area contributed by atoms with Crippen LogP contribution >= 0.6 is 0 Å². The summed E-state index contributed by atoms with van der Waals surface area (Å²) in [6.45, 7) is 2.45. The Hall–Kier alpha value is -1.77. The van der Waals surface area contributed by atoms with Gasteiger partial charge in [-0.2, -0.15) is 5.26 Å². The molecule has 0 saturated carbocycles. The average molecular weight is 287 g/mol. The maximum atomic E-state index is 9.61. The fourth-order valence-electron chi connectivity index (χ4n) is 3.10. The minimum Gasteiger partial charge on any atom is -0.454 e. The van der Waals surface area contributed by atoms with Crippen LogP contribution in [0.2, 0.25) is 0 Å². The lowest BCUT2D eigenvalue weighted by Gasteiger charge is -2.37. The molecule has 1 aromatic rings. The van der Waals surface area contributed by atoms with Crippen LogP contribution in [0.5, 0.6) is 11.5 Å². The van der Waals surface area contributed by atoms with Crippen LogP contribution in [0.3, 0.4) is 0 Å².